The third-order valence-corrected chi connectivity index (χ3v) is 4.85. The van der Waals surface area contributed by atoms with Crippen LogP contribution in [0.3, 0.4) is 0 Å². The van der Waals surface area contributed by atoms with Crippen LogP contribution in [0.5, 0.6) is 0 Å². The van der Waals surface area contributed by atoms with Gasteiger partial charge in [0.15, 0.2) is 11.6 Å². The van der Waals surface area contributed by atoms with E-state index in [0.717, 1.165) is 36.6 Å². The van der Waals surface area contributed by atoms with E-state index >= 15 is 0 Å². The van der Waals surface area contributed by atoms with Crippen LogP contribution in [0.2, 0.25) is 0 Å². The summed E-state index contributed by atoms with van der Waals surface area (Å²) in [5, 5.41) is 15.9. The first-order valence-corrected chi connectivity index (χ1v) is 9.44. The van der Waals surface area contributed by atoms with Crippen molar-refractivity contribution in [1.29, 1.82) is 0 Å². The first-order valence-electron chi connectivity index (χ1n) is 9.44. The number of anilines is 2. The SMILES string of the molecule is Cc1cccc(NC(=O)C2CCCN(c3ccc(-n4ccc(C)n4)nn3)C2)n1. The lowest BCUT2D eigenvalue weighted by molar-refractivity contribution is -0.120. The molecule has 0 bridgehead atoms. The highest BCUT2D eigenvalue weighted by atomic mass is 16.2. The van der Waals surface area contributed by atoms with E-state index in [0.29, 0.717) is 18.2 Å². The molecule has 0 aromatic carbocycles. The zero-order chi connectivity index (χ0) is 19.5. The third kappa shape index (κ3) is 4.00. The average molecular weight is 377 g/mol. The third-order valence-electron chi connectivity index (χ3n) is 4.85. The molecule has 1 aliphatic rings. The summed E-state index contributed by atoms with van der Waals surface area (Å²) in [5.41, 5.74) is 1.81. The number of carbonyl (C=O) groups excluding carboxylic acids is 1. The number of piperidine rings is 1. The van der Waals surface area contributed by atoms with Crippen LogP contribution in [0.1, 0.15) is 24.2 Å². The molecule has 1 N–H and O–H groups in total. The second-order valence-corrected chi connectivity index (χ2v) is 7.09. The smallest absolute Gasteiger partial charge is 0.230 e. The van der Waals surface area contributed by atoms with E-state index in [-0.39, 0.29) is 11.8 Å². The molecule has 3 aromatic rings. The molecule has 0 radical (unpaired) electrons. The number of nitrogens with one attached hydrogen (secondary N) is 1. The molecular formula is C20H23N7O. The molecule has 1 fully saturated rings. The van der Waals surface area contributed by atoms with Gasteiger partial charge in [-0.25, -0.2) is 9.67 Å². The number of aryl methyl sites for hydroxylation is 2. The van der Waals surface area contributed by atoms with Crippen LogP contribution in [0.4, 0.5) is 11.6 Å². The Morgan fingerprint density at radius 2 is 1.89 bits per heavy atom. The van der Waals surface area contributed by atoms with Crippen molar-refractivity contribution in [3.05, 3.63) is 54.0 Å². The summed E-state index contributed by atoms with van der Waals surface area (Å²) in [6.07, 6.45) is 3.65. The number of nitrogens with zero attached hydrogens (tertiary/aromatic N) is 6. The summed E-state index contributed by atoms with van der Waals surface area (Å²) in [5.74, 6) is 1.94. The van der Waals surface area contributed by atoms with Crippen molar-refractivity contribution >= 4 is 17.5 Å². The maximum atomic E-state index is 12.7. The zero-order valence-corrected chi connectivity index (χ0v) is 16.0. The molecule has 8 nitrogen and oxygen atoms in total. The Hall–Kier alpha value is -3.29. The van der Waals surface area contributed by atoms with Crippen molar-refractivity contribution in [3.8, 4) is 5.82 Å². The van der Waals surface area contributed by atoms with Gasteiger partial charge in [0.1, 0.15) is 5.82 Å². The zero-order valence-electron chi connectivity index (χ0n) is 16.0. The van der Waals surface area contributed by atoms with Gasteiger partial charge in [-0.15, -0.1) is 10.2 Å². The number of rotatable bonds is 4. The predicted octanol–water partition coefficient (Wildman–Crippen LogP) is 2.53. The van der Waals surface area contributed by atoms with Gasteiger partial charge < -0.3 is 10.2 Å². The Morgan fingerprint density at radius 3 is 2.61 bits per heavy atom. The first-order chi connectivity index (χ1) is 13.6. The van der Waals surface area contributed by atoms with E-state index in [1.54, 1.807) is 4.68 Å². The van der Waals surface area contributed by atoms with Crippen molar-refractivity contribution in [2.75, 3.05) is 23.3 Å². The summed E-state index contributed by atoms with van der Waals surface area (Å²) in [7, 11) is 0. The van der Waals surface area contributed by atoms with Gasteiger partial charge in [0.2, 0.25) is 5.91 Å². The normalized spacial score (nSPS) is 16.8. The summed E-state index contributed by atoms with van der Waals surface area (Å²) in [6, 6.07) is 11.4. The molecule has 144 valence electrons. The molecular weight excluding hydrogens is 354 g/mol. The van der Waals surface area contributed by atoms with E-state index < -0.39 is 0 Å². The van der Waals surface area contributed by atoms with E-state index in [1.165, 1.54) is 0 Å². The van der Waals surface area contributed by atoms with Crippen LogP contribution in [-0.2, 0) is 4.79 Å². The molecule has 4 rings (SSSR count). The Morgan fingerprint density at radius 1 is 1.07 bits per heavy atom. The van der Waals surface area contributed by atoms with Crippen LogP contribution in [-0.4, -0.2) is 44.0 Å². The number of pyridine rings is 1. The minimum atomic E-state index is -0.105. The molecule has 3 aromatic heterocycles. The van der Waals surface area contributed by atoms with E-state index in [2.05, 4.69) is 30.5 Å². The van der Waals surface area contributed by atoms with E-state index in [4.69, 9.17) is 0 Å². The topological polar surface area (TPSA) is 88.8 Å². The highest BCUT2D eigenvalue weighted by Crippen LogP contribution is 2.23. The second kappa shape index (κ2) is 7.75. The first kappa shape index (κ1) is 18.1. The number of amides is 1. The number of hydrogen-bond acceptors (Lipinski definition) is 6. The fourth-order valence-corrected chi connectivity index (χ4v) is 3.39. The van der Waals surface area contributed by atoms with Gasteiger partial charge >= 0.3 is 0 Å². The minimum Gasteiger partial charge on any atom is -0.354 e. The summed E-state index contributed by atoms with van der Waals surface area (Å²) >= 11 is 0. The Bertz CT molecular complexity index is 967. The lowest BCUT2D eigenvalue weighted by Gasteiger charge is -2.32. The largest absolute Gasteiger partial charge is 0.354 e. The van der Waals surface area contributed by atoms with Crippen LogP contribution in [0, 0.1) is 19.8 Å². The van der Waals surface area contributed by atoms with Gasteiger partial charge in [-0.1, -0.05) is 6.07 Å². The molecule has 0 aliphatic carbocycles. The Kier molecular flexibility index (Phi) is 5.01. The summed E-state index contributed by atoms with van der Waals surface area (Å²) in [4.78, 5) is 19.1. The minimum absolute atomic E-state index is 0.000560. The monoisotopic (exact) mass is 377 g/mol. The molecule has 8 heteroatoms. The maximum Gasteiger partial charge on any atom is 0.230 e. The predicted molar refractivity (Wildman–Crippen MR) is 106 cm³/mol. The molecule has 1 amide bonds. The molecule has 1 unspecified atom stereocenters. The van der Waals surface area contributed by atoms with Crippen LogP contribution in [0.15, 0.2) is 42.6 Å². The van der Waals surface area contributed by atoms with Crippen LogP contribution in [0.25, 0.3) is 5.82 Å². The summed E-state index contributed by atoms with van der Waals surface area (Å²) < 4.78 is 1.70. The molecule has 28 heavy (non-hydrogen) atoms. The van der Waals surface area contributed by atoms with Gasteiger partial charge in [-0.3, -0.25) is 4.79 Å². The fraction of sp³-hybridized carbons (Fsp3) is 0.350. The van der Waals surface area contributed by atoms with Gasteiger partial charge in [-0.2, -0.15) is 5.10 Å². The quantitative estimate of drug-likeness (QED) is 0.752. The Balaban J connectivity index is 1.42. The number of hydrogen-bond donors (Lipinski definition) is 1. The lowest BCUT2D eigenvalue weighted by atomic mass is 9.97. The molecule has 0 saturated carbocycles. The van der Waals surface area contributed by atoms with Gasteiger partial charge in [0.05, 0.1) is 11.6 Å². The van der Waals surface area contributed by atoms with Crippen molar-refractivity contribution in [1.82, 2.24) is 25.0 Å². The lowest BCUT2D eigenvalue weighted by Crippen LogP contribution is -2.41. The van der Waals surface area contributed by atoms with E-state index in [1.807, 2.05) is 56.4 Å². The highest BCUT2D eigenvalue weighted by molar-refractivity contribution is 5.92. The van der Waals surface area contributed by atoms with Gasteiger partial charge in [0.25, 0.3) is 0 Å². The molecule has 4 heterocycles. The van der Waals surface area contributed by atoms with Gasteiger partial charge in [-0.05, 0) is 57.0 Å². The van der Waals surface area contributed by atoms with Crippen molar-refractivity contribution < 1.29 is 4.79 Å². The second-order valence-electron chi connectivity index (χ2n) is 7.09. The van der Waals surface area contributed by atoms with Crippen molar-refractivity contribution in [3.63, 3.8) is 0 Å². The fourth-order valence-electron chi connectivity index (χ4n) is 3.39. The van der Waals surface area contributed by atoms with E-state index in [9.17, 15) is 4.79 Å². The average Bonchev–Trinajstić information content (AvgIpc) is 3.15. The molecule has 1 aliphatic heterocycles. The summed E-state index contributed by atoms with van der Waals surface area (Å²) in [6.45, 7) is 5.32. The van der Waals surface area contributed by atoms with Crippen LogP contribution >= 0.6 is 0 Å². The van der Waals surface area contributed by atoms with Crippen molar-refractivity contribution in [2.24, 2.45) is 5.92 Å². The maximum absolute atomic E-state index is 12.7. The number of carbonyl (C=O) groups is 1. The number of aromatic nitrogens is 5. The molecule has 0 spiro atoms. The molecule has 1 saturated heterocycles. The highest BCUT2D eigenvalue weighted by Gasteiger charge is 2.27. The van der Waals surface area contributed by atoms with Crippen molar-refractivity contribution in [2.45, 2.75) is 26.7 Å². The van der Waals surface area contributed by atoms with Crippen LogP contribution < -0.4 is 10.2 Å². The Labute approximate surface area is 163 Å². The van der Waals surface area contributed by atoms with Gasteiger partial charge in [0, 0.05) is 25.0 Å². The molecule has 1 atom stereocenters. The standard InChI is InChI=1S/C20H23N7O/c1-14-5-3-7-17(21-14)22-20(28)16-6-4-11-26(13-16)18-8-9-19(24-23-18)27-12-10-15(2)25-27/h3,5,7-10,12,16H,4,6,11,13H2,1-2H3,(H,21,22,28).